The van der Waals surface area contributed by atoms with Gasteiger partial charge >= 0.3 is 0 Å². The number of rotatable bonds is 7. The molecule has 8 heteroatoms. The summed E-state index contributed by atoms with van der Waals surface area (Å²) in [4.78, 5) is 12.1. The fraction of sp³-hybridized carbons (Fsp3) is 0.387. The highest BCUT2D eigenvalue weighted by Gasteiger charge is 2.57. The van der Waals surface area contributed by atoms with Gasteiger partial charge in [-0.3, -0.25) is 0 Å². The van der Waals surface area contributed by atoms with Gasteiger partial charge in [0.15, 0.2) is 0 Å². The number of aromatic nitrogens is 3. The number of benzene rings is 2. The van der Waals surface area contributed by atoms with Crippen LogP contribution in [0.15, 0.2) is 60.7 Å². The van der Waals surface area contributed by atoms with Crippen LogP contribution >= 0.6 is 0 Å². The topological polar surface area (TPSA) is 76.2 Å². The van der Waals surface area contributed by atoms with E-state index >= 15 is 0 Å². The number of imidazole rings is 1. The molecule has 3 fully saturated rings. The van der Waals surface area contributed by atoms with E-state index in [0.717, 1.165) is 56.8 Å². The van der Waals surface area contributed by atoms with Crippen LogP contribution in [-0.2, 0) is 17.9 Å². The van der Waals surface area contributed by atoms with Crippen molar-refractivity contribution < 1.29 is 13.9 Å². The van der Waals surface area contributed by atoms with Crippen molar-refractivity contribution in [1.29, 1.82) is 5.26 Å². The molecule has 0 N–H and O–H groups in total. The zero-order valence-electron chi connectivity index (χ0n) is 21.7. The first kappa shape index (κ1) is 24.1. The molecule has 7 rings (SSSR count). The molecule has 2 aliphatic heterocycles. The Kier molecular flexibility index (Phi) is 5.97. The zero-order valence-corrected chi connectivity index (χ0v) is 21.7. The second-order valence-corrected chi connectivity index (χ2v) is 11.0. The van der Waals surface area contributed by atoms with Crippen LogP contribution in [0, 0.1) is 22.6 Å². The van der Waals surface area contributed by atoms with Crippen molar-refractivity contribution in [2.75, 3.05) is 24.6 Å². The minimum atomic E-state index is -0.445. The van der Waals surface area contributed by atoms with Gasteiger partial charge in [-0.1, -0.05) is 24.3 Å². The fourth-order valence-electron chi connectivity index (χ4n) is 6.18. The standard InChI is InChI=1S/C31H30FN5O2/c32-25-16-21(18-33)8-9-22(25)20-39-29-7-3-6-28(35-29)36-13-11-31(12-14-36)17-24(31)30-34-26-4-1-2-5-27(26)37(30)19-23-10-15-38-23/h1-9,16,23-24H,10-15,17,19-20H2/t23-,24?/m0/s1. The number of fused-ring (bicyclic) bond motifs is 1. The lowest BCUT2D eigenvalue weighted by atomic mass is 9.90. The number of halogens is 1. The van der Waals surface area contributed by atoms with Gasteiger partial charge in [-0.2, -0.15) is 10.2 Å². The summed E-state index contributed by atoms with van der Waals surface area (Å²) in [7, 11) is 0. The minimum absolute atomic E-state index is 0.0612. The Morgan fingerprint density at radius 3 is 2.69 bits per heavy atom. The number of nitriles is 1. The van der Waals surface area contributed by atoms with Crippen LogP contribution in [-0.4, -0.2) is 40.3 Å². The number of nitrogens with zero attached hydrogens (tertiary/aromatic N) is 5. The van der Waals surface area contributed by atoms with Crippen LogP contribution < -0.4 is 9.64 Å². The van der Waals surface area contributed by atoms with E-state index in [9.17, 15) is 4.39 Å². The van der Waals surface area contributed by atoms with Gasteiger partial charge in [-0.15, -0.1) is 0 Å². The van der Waals surface area contributed by atoms with Gasteiger partial charge in [0, 0.05) is 37.2 Å². The molecular formula is C31H30FN5O2. The van der Waals surface area contributed by atoms with E-state index in [1.54, 1.807) is 18.2 Å². The van der Waals surface area contributed by atoms with Crippen molar-refractivity contribution in [3.05, 3.63) is 83.4 Å². The van der Waals surface area contributed by atoms with Gasteiger partial charge in [0.05, 0.1) is 35.3 Å². The second-order valence-electron chi connectivity index (χ2n) is 11.0. The average molecular weight is 524 g/mol. The van der Waals surface area contributed by atoms with Crippen molar-refractivity contribution in [1.82, 2.24) is 14.5 Å². The summed E-state index contributed by atoms with van der Waals surface area (Å²) in [6.45, 7) is 3.68. The summed E-state index contributed by atoms with van der Waals surface area (Å²) in [5.74, 6) is 2.61. The maximum atomic E-state index is 14.2. The number of para-hydroxylation sites is 2. The predicted molar refractivity (Wildman–Crippen MR) is 145 cm³/mol. The van der Waals surface area contributed by atoms with Crippen molar-refractivity contribution in [3.63, 3.8) is 0 Å². The van der Waals surface area contributed by atoms with Crippen LogP contribution in [0.25, 0.3) is 11.0 Å². The SMILES string of the molecule is N#Cc1ccc(COc2cccc(N3CCC4(CC3)CC4c3nc4ccccc4n3C[C@@H]3CCO3)n2)c(F)c1. The molecule has 39 heavy (non-hydrogen) atoms. The van der Waals surface area contributed by atoms with Crippen LogP contribution in [0.5, 0.6) is 5.88 Å². The molecule has 2 aromatic heterocycles. The number of hydrogen-bond acceptors (Lipinski definition) is 6. The molecule has 2 aromatic carbocycles. The van der Waals surface area contributed by atoms with E-state index in [0.29, 0.717) is 34.4 Å². The molecule has 1 saturated carbocycles. The number of ether oxygens (including phenoxy) is 2. The molecule has 0 amide bonds. The second kappa shape index (κ2) is 9.65. The summed E-state index contributed by atoms with van der Waals surface area (Å²) < 4.78 is 28.2. The van der Waals surface area contributed by atoms with Crippen LogP contribution in [0.1, 0.15) is 48.6 Å². The van der Waals surface area contributed by atoms with Gasteiger partial charge in [-0.05, 0) is 61.4 Å². The molecule has 4 aromatic rings. The molecule has 7 nitrogen and oxygen atoms in total. The first-order valence-electron chi connectivity index (χ1n) is 13.7. The lowest BCUT2D eigenvalue weighted by Gasteiger charge is -2.34. The Hall–Kier alpha value is -3.96. The quantitative estimate of drug-likeness (QED) is 0.315. The smallest absolute Gasteiger partial charge is 0.215 e. The number of hydrogen-bond donors (Lipinski definition) is 0. The molecule has 2 atom stereocenters. The van der Waals surface area contributed by atoms with E-state index in [2.05, 4.69) is 33.7 Å². The Bertz CT molecular complexity index is 1560. The van der Waals surface area contributed by atoms with Gasteiger partial charge < -0.3 is 18.9 Å². The molecule has 198 valence electrons. The Balaban J connectivity index is 1.02. The van der Waals surface area contributed by atoms with Crippen molar-refractivity contribution in [3.8, 4) is 11.9 Å². The van der Waals surface area contributed by atoms with Gasteiger partial charge in [0.2, 0.25) is 5.88 Å². The van der Waals surface area contributed by atoms with Crippen molar-refractivity contribution in [2.24, 2.45) is 5.41 Å². The Morgan fingerprint density at radius 1 is 1.08 bits per heavy atom. The molecule has 0 radical (unpaired) electrons. The number of anilines is 1. The third-order valence-corrected chi connectivity index (χ3v) is 8.71. The van der Waals surface area contributed by atoms with Crippen LogP contribution in [0.3, 0.4) is 0 Å². The molecule has 2 saturated heterocycles. The summed E-state index contributed by atoms with van der Waals surface area (Å²) in [6.07, 6.45) is 4.80. The first-order chi connectivity index (χ1) is 19.1. The largest absolute Gasteiger partial charge is 0.473 e. The zero-order chi connectivity index (χ0) is 26.4. The van der Waals surface area contributed by atoms with Crippen molar-refractivity contribution in [2.45, 2.75) is 50.9 Å². The van der Waals surface area contributed by atoms with Crippen molar-refractivity contribution >= 4 is 16.9 Å². The molecule has 1 spiro atoms. The maximum Gasteiger partial charge on any atom is 0.215 e. The molecule has 3 aliphatic rings. The van der Waals surface area contributed by atoms with E-state index in [-0.39, 0.29) is 6.61 Å². The first-order valence-corrected chi connectivity index (χ1v) is 13.7. The summed E-state index contributed by atoms with van der Waals surface area (Å²) in [5, 5.41) is 8.94. The summed E-state index contributed by atoms with van der Waals surface area (Å²) in [5.41, 5.74) is 3.28. The average Bonchev–Trinajstić information content (AvgIpc) is 3.50. The highest BCUT2D eigenvalue weighted by Crippen LogP contribution is 2.65. The lowest BCUT2D eigenvalue weighted by molar-refractivity contribution is -0.0590. The third kappa shape index (κ3) is 4.51. The molecule has 0 bridgehead atoms. The molecular weight excluding hydrogens is 493 g/mol. The number of piperidine rings is 1. The predicted octanol–water partition coefficient (Wildman–Crippen LogP) is 5.58. The summed E-state index contributed by atoms with van der Waals surface area (Å²) in [6, 6.07) is 20.5. The molecule has 1 aliphatic carbocycles. The van der Waals surface area contributed by atoms with E-state index in [1.165, 1.54) is 23.8 Å². The molecule has 4 heterocycles. The van der Waals surface area contributed by atoms with Gasteiger partial charge in [0.25, 0.3) is 0 Å². The minimum Gasteiger partial charge on any atom is -0.473 e. The highest BCUT2D eigenvalue weighted by atomic mass is 19.1. The Labute approximate surface area is 226 Å². The van der Waals surface area contributed by atoms with E-state index < -0.39 is 5.82 Å². The highest BCUT2D eigenvalue weighted by molar-refractivity contribution is 5.76. The van der Waals surface area contributed by atoms with Crippen LogP contribution in [0.2, 0.25) is 0 Å². The molecule has 1 unspecified atom stereocenters. The Morgan fingerprint density at radius 2 is 1.92 bits per heavy atom. The monoisotopic (exact) mass is 523 g/mol. The fourth-order valence-corrected chi connectivity index (χ4v) is 6.18. The van der Waals surface area contributed by atoms with Gasteiger partial charge in [0.1, 0.15) is 24.1 Å². The number of pyridine rings is 1. The maximum absolute atomic E-state index is 14.2. The van der Waals surface area contributed by atoms with E-state index in [4.69, 9.17) is 24.7 Å². The third-order valence-electron chi connectivity index (χ3n) is 8.71. The van der Waals surface area contributed by atoms with Gasteiger partial charge in [-0.25, -0.2) is 9.37 Å². The van der Waals surface area contributed by atoms with Crippen LogP contribution in [0.4, 0.5) is 10.2 Å². The lowest BCUT2D eigenvalue weighted by Crippen LogP contribution is -2.36. The summed E-state index contributed by atoms with van der Waals surface area (Å²) >= 11 is 0. The normalized spacial score (nSPS) is 21.5. The van der Waals surface area contributed by atoms with E-state index in [1.807, 2.05) is 18.2 Å².